The van der Waals surface area contributed by atoms with Crippen LogP contribution in [0.15, 0.2) is 24.3 Å². The van der Waals surface area contributed by atoms with Gasteiger partial charge in [-0.15, -0.1) is 11.6 Å². The Balaban J connectivity index is 2.23. The van der Waals surface area contributed by atoms with Crippen LogP contribution in [0.2, 0.25) is 0 Å². The molecule has 0 spiro atoms. The Bertz CT molecular complexity index is 470. The number of carbonyl (C=O) groups excluding carboxylic acids is 1. The number of likely N-dealkylation sites (tertiary alicyclic amines) is 1. The normalized spacial score (nSPS) is 19.2. The number of amides is 1. The van der Waals surface area contributed by atoms with Crippen LogP contribution in [0.4, 0.5) is 8.78 Å². The molecule has 20 heavy (non-hydrogen) atoms. The standard InChI is InChI=1S/C14H16ClF2NO2/c15-9-10-5-3-4-8-18(10)13(19)11-6-1-2-7-12(11)20-14(16)17/h1-2,6-7,10,14H,3-5,8-9H2. The van der Waals surface area contributed by atoms with E-state index in [1.54, 1.807) is 17.0 Å². The van der Waals surface area contributed by atoms with Crippen LogP contribution in [0.3, 0.4) is 0 Å². The Morgan fingerprint density at radius 3 is 2.85 bits per heavy atom. The summed E-state index contributed by atoms with van der Waals surface area (Å²) in [6.45, 7) is -2.35. The topological polar surface area (TPSA) is 29.5 Å². The van der Waals surface area contributed by atoms with Gasteiger partial charge in [-0.3, -0.25) is 4.79 Å². The van der Waals surface area contributed by atoms with Crippen LogP contribution >= 0.6 is 11.6 Å². The second kappa shape index (κ2) is 6.88. The summed E-state index contributed by atoms with van der Waals surface area (Å²) in [6.07, 6.45) is 2.76. The number of alkyl halides is 3. The van der Waals surface area contributed by atoms with Crippen molar-refractivity contribution in [3.8, 4) is 5.75 Å². The molecule has 6 heteroatoms. The number of para-hydroxylation sites is 1. The fourth-order valence-corrected chi connectivity index (χ4v) is 2.75. The third-order valence-electron chi connectivity index (χ3n) is 3.40. The molecule has 0 bridgehead atoms. The molecule has 0 radical (unpaired) electrons. The lowest BCUT2D eigenvalue weighted by atomic mass is 10.0. The maximum absolute atomic E-state index is 12.5. The molecule has 0 aromatic heterocycles. The summed E-state index contributed by atoms with van der Waals surface area (Å²) >= 11 is 5.89. The van der Waals surface area contributed by atoms with Crippen molar-refractivity contribution in [1.29, 1.82) is 0 Å². The summed E-state index contributed by atoms with van der Waals surface area (Å²) in [5, 5.41) is 0. The first-order valence-corrected chi connectivity index (χ1v) is 7.07. The Morgan fingerprint density at radius 2 is 2.15 bits per heavy atom. The predicted molar refractivity (Wildman–Crippen MR) is 72.5 cm³/mol. The third kappa shape index (κ3) is 3.39. The van der Waals surface area contributed by atoms with Gasteiger partial charge in [0.25, 0.3) is 5.91 Å². The van der Waals surface area contributed by atoms with E-state index in [9.17, 15) is 13.6 Å². The molecule has 1 saturated heterocycles. The molecule has 1 aromatic carbocycles. The van der Waals surface area contributed by atoms with Crippen molar-refractivity contribution in [2.45, 2.75) is 31.9 Å². The lowest BCUT2D eigenvalue weighted by Gasteiger charge is -2.35. The van der Waals surface area contributed by atoms with Crippen molar-refractivity contribution in [2.24, 2.45) is 0 Å². The number of nitrogens with zero attached hydrogens (tertiary/aromatic N) is 1. The minimum atomic E-state index is -2.95. The van der Waals surface area contributed by atoms with E-state index in [1.807, 2.05) is 0 Å². The summed E-state index contributed by atoms with van der Waals surface area (Å²) in [5.41, 5.74) is 0.157. The zero-order chi connectivity index (χ0) is 14.5. The fraction of sp³-hybridized carbons (Fsp3) is 0.500. The summed E-state index contributed by atoms with van der Waals surface area (Å²) < 4.78 is 29.2. The average molecular weight is 304 g/mol. The number of benzene rings is 1. The molecule has 110 valence electrons. The molecule has 0 saturated carbocycles. The van der Waals surface area contributed by atoms with Crippen molar-refractivity contribution in [2.75, 3.05) is 12.4 Å². The van der Waals surface area contributed by atoms with Gasteiger partial charge in [0, 0.05) is 18.5 Å². The predicted octanol–water partition coefficient (Wildman–Crippen LogP) is 3.52. The van der Waals surface area contributed by atoms with Crippen molar-refractivity contribution in [3.05, 3.63) is 29.8 Å². The van der Waals surface area contributed by atoms with Crippen LogP contribution in [0.25, 0.3) is 0 Å². The van der Waals surface area contributed by atoms with Gasteiger partial charge in [-0.05, 0) is 31.4 Å². The summed E-state index contributed by atoms with van der Waals surface area (Å²) in [5.74, 6) is -0.0399. The van der Waals surface area contributed by atoms with Crippen molar-refractivity contribution in [1.82, 2.24) is 4.90 Å². The SMILES string of the molecule is O=C(c1ccccc1OC(F)F)N1CCCCC1CCl. The van der Waals surface area contributed by atoms with Gasteiger partial charge in [0.1, 0.15) is 5.75 Å². The van der Waals surface area contributed by atoms with E-state index in [1.165, 1.54) is 12.1 Å². The van der Waals surface area contributed by atoms with Gasteiger partial charge in [-0.1, -0.05) is 12.1 Å². The number of halogens is 3. The maximum Gasteiger partial charge on any atom is 0.387 e. The van der Waals surface area contributed by atoms with Crippen LogP contribution in [0.5, 0.6) is 5.75 Å². The lowest BCUT2D eigenvalue weighted by molar-refractivity contribution is -0.0503. The first-order chi connectivity index (χ1) is 9.63. The smallest absolute Gasteiger partial charge is 0.387 e. The molecular weight excluding hydrogens is 288 g/mol. The van der Waals surface area contributed by atoms with Gasteiger partial charge < -0.3 is 9.64 Å². The zero-order valence-electron chi connectivity index (χ0n) is 10.9. The highest BCUT2D eigenvalue weighted by Gasteiger charge is 2.28. The molecule has 0 aliphatic carbocycles. The van der Waals surface area contributed by atoms with Gasteiger partial charge in [0.05, 0.1) is 5.56 Å². The van der Waals surface area contributed by atoms with E-state index in [0.29, 0.717) is 12.4 Å². The van der Waals surface area contributed by atoms with Crippen LogP contribution in [-0.2, 0) is 0 Å². The van der Waals surface area contributed by atoms with Crippen LogP contribution in [0, 0.1) is 0 Å². The minimum absolute atomic E-state index is 0.0440. The first-order valence-electron chi connectivity index (χ1n) is 6.54. The zero-order valence-corrected chi connectivity index (χ0v) is 11.7. The monoisotopic (exact) mass is 303 g/mol. The van der Waals surface area contributed by atoms with Crippen LogP contribution < -0.4 is 4.74 Å². The van der Waals surface area contributed by atoms with Crippen LogP contribution in [0.1, 0.15) is 29.6 Å². The van der Waals surface area contributed by atoms with Gasteiger partial charge in [0.2, 0.25) is 0 Å². The van der Waals surface area contributed by atoms with Gasteiger partial charge in [0.15, 0.2) is 0 Å². The number of ether oxygens (including phenoxy) is 1. The Hall–Kier alpha value is -1.36. The highest BCUT2D eigenvalue weighted by molar-refractivity contribution is 6.18. The number of hydrogen-bond donors (Lipinski definition) is 0. The fourth-order valence-electron chi connectivity index (χ4n) is 2.43. The Kier molecular flexibility index (Phi) is 5.17. The molecule has 1 heterocycles. The summed E-state index contributed by atoms with van der Waals surface area (Å²) in [4.78, 5) is 14.2. The van der Waals surface area contributed by atoms with Crippen molar-refractivity contribution in [3.63, 3.8) is 0 Å². The number of piperidine rings is 1. The van der Waals surface area contributed by atoms with E-state index in [0.717, 1.165) is 19.3 Å². The molecular formula is C14H16ClF2NO2. The quantitative estimate of drug-likeness (QED) is 0.797. The number of hydrogen-bond acceptors (Lipinski definition) is 2. The Morgan fingerprint density at radius 1 is 1.40 bits per heavy atom. The molecule has 1 aliphatic heterocycles. The van der Waals surface area contributed by atoms with E-state index in [-0.39, 0.29) is 23.3 Å². The molecule has 0 N–H and O–H groups in total. The number of carbonyl (C=O) groups is 1. The number of rotatable bonds is 4. The van der Waals surface area contributed by atoms with Gasteiger partial charge in [-0.25, -0.2) is 0 Å². The average Bonchev–Trinajstić information content (AvgIpc) is 2.46. The maximum atomic E-state index is 12.5. The third-order valence-corrected chi connectivity index (χ3v) is 3.76. The minimum Gasteiger partial charge on any atom is -0.434 e. The summed E-state index contributed by atoms with van der Waals surface area (Å²) in [6, 6.07) is 6.02. The molecule has 3 nitrogen and oxygen atoms in total. The van der Waals surface area contributed by atoms with Crippen LogP contribution in [-0.4, -0.2) is 35.9 Å². The van der Waals surface area contributed by atoms with Crippen molar-refractivity contribution < 1.29 is 18.3 Å². The second-order valence-electron chi connectivity index (χ2n) is 4.68. The molecule has 1 aliphatic rings. The molecule has 1 fully saturated rings. The van der Waals surface area contributed by atoms with E-state index in [4.69, 9.17) is 11.6 Å². The highest BCUT2D eigenvalue weighted by atomic mass is 35.5. The molecule has 1 aromatic rings. The first kappa shape index (κ1) is 15.0. The largest absolute Gasteiger partial charge is 0.434 e. The molecule has 1 atom stereocenters. The van der Waals surface area contributed by atoms with Gasteiger partial charge >= 0.3 is 6.61 Å². The molecule has 2 rings (SSSR count). The van der Waals surface area contributed by atoms with E-state index in [2.05, 4.69) is 4.74 Å². The highest BCUT2D eigenvalue weighted by Crippen LogP contribution is 2.26. The lowest BCUT2D eigenvalue weighted by Crippen LogP contribution is -2.44. The van der Waals surface area contributed by atoms with E-state index < -0.39 is 6.61 Å². The van der Waals surface area contributed by atoms with E-state index >= 15 is 0 Å². The Labute approximate surface area is 121 Å². The van der Waals surface area contributed by atoms with Gasteiger partial charge in [-0.2, -0.15) is 8.78 Å². The summed E-state index contributed by atoms with van der Waals surface area (Å²) in [7, 11) is 0. The molecule has 1 unspecified atom stereocenters. The molecule has 1 amide bonds. The van der Waals surface area contributed by atoms with Crippen molar-refractivity contribution >= 4 is 17.5 Å². The second-order valence-corrected chi connectivity index (χ2v) is 4.99.